The van der Waals surface area contributed by atoms with Crippen molar-refractivity contribution < 1.29 is 14.6 Å². The average Bonchev–Trinajstić information content (AvgIpc) is 2.73. The Morgan fingerprint density at radius 2 is 1.67 bits per heavy atom. The van der Waals surface area contributed by atoms with Gasteiger partial charge in [-0.25, -0.2) is 0 Å². The van der Waals surface area contributed by atoms with Gasteiger partial charge in [-0.3, -0.25) is 0 Å². The fraction of sp³-hybridized carbons (Fsp3) is 0.348. The standard InChI is InChI=1S/C23H26O3Se/c24-23(26-25-18-19-10-4-1-5-11-19)17-16-22(20-12-6-2-7-13-20)27-21-14-8-3-9-15-21/h1,3-5,8-11,14-17,20,22H,2,6-7,12-13,18H2/b17-16+/t22-/m1/s1. The van der Waals surface area contributed by atoms with Crippen molar-refractivity contribution in [1.82, 2.24) is 0 Å². The van der Waals surface area contributed by atoms with E-state index in [4.69, 9.17) is 9.78 Å². The third-order valence-corrected chi connectivity index (χ3v) is 7.61. The second-order valence-electron chi connectivity index (χ2n) is 6.80. The van der Waals surface area contributed by atoms with Crippen molar-refractivity contribution in [3.05, 3.63) is 78.4 Å². The summed E-state index contributed by atoms with van der Waals surface area (Å²) in [5, 5.41) is 0. The van der Waals surface area contributed by atoms with Crippen molar-refractivity contribution in [3.63, 3.8) is 0 Å². The van der Waals surface area contributed by atoms with Gasteiger partial charge in [-0.15, -0.1) is 0 Å². The van der Waals surface area contributed by atoms with E-state index < -0.39 is 5.97 Å². The van der Waals surface area contributed by atoms with Crippen LogP contribution in [0.25, 0.3) is 0 Å². The molecule has 27 heavy (non-hydrogen) atoms. The van der Waals surface area contributed by atoms with Crippen molar-refractivity contribution in [3.8, 4) is 0 Å². The van der Waals surface area contributed by atoms with Crippen LogP contribution in [0.5, 0.6) is 0 Å². The van der Waals surface area contributed by atoms with Crippen LogP contribution in [0, 0.1) is 5.92 Å². The zero-order valence-corrected chi connectivity index (χ0v) is 17.2. The quantitative estimate of drug-likeness (QED) is 0.266. The van der Waals surface area contributed by atoms with E-state index in [2.05, 4.69) is 30.3 Å². The summed E-state index contributed by atoms with van der Waals surface area (Å²) in [6, 6.07) is 20.3. The maximum absolute atomic E-state index is 12.0. The van der Waals surface area contributed by atoms with Crippen LogP contribution < -0.4 is 4.46 Å². The molecule has 3 rings (SSSR count). The van der Waals surface area contributed by atoms with Gasteiger partial charge in [0.15, 0.2) is 0 Å². The summed E-state index contributed by atoms with van der Waals surface area (Å²) in [6.45, 7) is 0.264. The molecule has 0 radical (unpaired) electrons. The molecule has 1 aliphatic rings. The predicted octanol–water partition coefficient (Wildman–Crippen LogP) is 4.62. The zero-order valence-electron chi connectivity index (χ0n) is 15.5. The third-order valence-electron chi connectivity index (χ3n) is 4.76. The zero-order chi connectivity index (χ0) is 18.7. The van der Waals surface area contributed by atoms with Crippen LogP contribution in [0.1, 0.15) is 37.7 Å². The first-order chi connectivity index (χ1) is 13.3. The van der Waals surface area contributed by atoms with Crippen LogP contribution in [0.15, 0.2) is 72.8 Å². The number of carbonyl (C=O) groups is 1. The molecule has 0 aliphatic heterocycles. The van der Waals surface area contributed by atoms with E-state index in [9.17, 15) is 4.79 Å². The number of carbonyl (C=O) groups excluding carboxylic acids is 1. The first kappa shape index (κ1) is 19.9. The van der Waals surface area contributed by atoms with Gasteiger partial charge < -0.3 is 0 Å². The van der Waals surface area contributed by atoms with Gasteiger partial charge in [0.1, 0.15) is 0 Å². The first-order valence-electron chi connectivity index (χ1n) is 9.58. The summed E-state index contributed by atoms with van der Waals surface area (Å²) in [5.41, 5.74) is 0.974. The molecule has 1 aliphatic carbocycles. The summed E-state index contributed by atoms with van der Waals surface area (Å²) in [4.78, 5) is 22.5. The van der Waals surface area contributed by atoms with Crippen LogP contribution in [0.3, 0.4) is 0 Å². The van der Waals surface area contributed by atoms with Gasteiger partial charge in [0.2, 0.25) is 0 Å². The SMILES string of the molecule is O=C(/C=C/[C@@H]([Se]c1ccccc1)C1CCCCC1)OOCc1ccccc1. The molecule has 1 saturated carbocycles. The van der Waals surface area contributed by atoms with E-state index in [1.807, 2.05) is 36.4 Å². The molecular formula is C23H26O3Se. The Balaban J connectivity index is 1.54. The Morgan fingerprint density at radius 1 is 1.00 bits per heavy atom. The molecule has 0 heterocycles. The molecule has 2 aromatic carbocycles. The van der Waals surface area contributed by atoms with E-state index in [1.165, 1.54) is 36.6 Å². The molecule has 0 unspecified atom stereocenters. The fourth-order valence-corrected chi connectivity index (χ4v) is 5.97. The van der Waals surface area contributed by atoms with Gasteiger partial charge >= 0.3 is 168 Å². The second kappa shape index (κ2) is 11.1. The van der Waals surface area contributed by atoms with Gasteiger partial charge in [-0.05, 0) is 0 Å². The number of hydrogen-bond acceptors (Lipinski definition) is 3. The summed E-state index contributed by atoms with van der Waals surface area (Å²) in [7, 11) is 0. The predicted molar refractivity (Wildman–Crippen MR) is 109 cm³/mol. The van der Waals surface area contributed by atoms with Crippen LogP contribution in [0.4, 0.5) is 0 Å². The first-order valence-corrected chi connectivity index (χ1v) is 11.4. The average molecular weight is 429 g/mol. The molecule has 0 N–H and O–H groups in total. The molecule has 3 nitrogen and oxygen atoms in total. The topological polar surface area (TPSA) is 35.5 Å². The molecule has 0 amide bonds. The molecule has 0 spiro atoms. The van der Waals surface area contributed by atoms with Crippen LogP contribution in [0.2, 0.25) is 4.82 Å². The van der Waals surface area contributed by atoms with Crippen molar-refractivity contribution >= 4 is 25.4 Å². The van der Waals surface area contributed by atoms with Crippen molar-refractivity contribution in [1.29, 1.82) is 0 Å². The second-order valence-corrected chi connectivity index (χ2v) is 9.43. The van der Waals surface area contributed by atoms with Crippen LogP contribution in [-0.4, -0.2) is 20.9 Å². The number of rotatable bonds is 8. The number of allylic oxidation sites excluding steroid dienone is 1. The summed E-state index contributed by atoms with van der Waals surface area (Å²) < 4.78 is 1.37. The Kier molecular flexibility index (Phi) is 8.16. The molecule has 4 heteroatoms. The van der Waals surface area contributed by atoms with E-state index >= 15 is 0 Å². The number of benzene rings is 2. The van der Waals surface area contributed by atoms with Crippen molar-refractivity contribution in [2.75, 3.05) is 0 Å². The molecule has 0 aromatic heterocycles. The minimum absolute atomic E-state index is 0.264. The molecule has 0 bridgehead atoms. The Bertz CT molecular complexity index is 709. The molecule has 142 valence electrons. The van der Waals surface area contributed by atoms with E-state index in [0.29, 0.717) is 25.7 Å². The van der Waals surface area contributed by atoms with E-state index in [0.717, 1.165) is 5.56 Å². The molecule has 1 fully saturated rings. The van der Waals surface area contributed by atoms with E-state index in [1.54, 1.807) is 6.08 Å². The Hall–Kier alpha value is -1.87. The molecule has 0 saturated heterocycles. The fourth-order valence-electron chi connectivity index (χ4n) is 3.34. The van der Waals surface area contributed by atoms with E-state index in [-0.39, 0.29) is 6.61 Å². The maximum atomic E-state index is 12.0. The van der Waals surface area contributed by atoms with Crippen LogP contribution >= 0.6 is 0 Å². The van der Waals surface area contributed by atoms with Gasteiger partial charge in [0, 0.05) is 0 Å². The minimum atomic E-state index is -0.435. The van der Waals surface area contributed by atoms with Crippen molar-refractivity contribution in [2.45, 2.75) is 43.5 Å². The molecular weight excluding hydrogens is 403 g/mol. The van der Waals surface area contributed by atoms with Crippen LogP contribution in [-0.2, 0) is 21.2 Å². The molecule has 1 atom stereocenters. The monoisotopic (exact) mass is 430 g/mol. The van der Waals surface area contributed by atoms with Gasteiger partial charge in [-0.1, -0.05) is 0 Å². The summed E-state index contributed by atoms with van der Waals surface area (Å²) >= 11 is 0.310. The van der Waals surface area contributed by atoms with Gasteiger partial charge in [-0.2, -0.15) is 0 Å². The molecule has 2 aromatic rings. The van der Waals surface area contributed by atoms with Crippen molar-refractivity contribution in [2.24, 2.45) is 5.92 Å². The summed E-state index contributed by atoms with van der Waals surface area (Å²) in [6.07, 6.45) is 10.0. The number of hydrogen-bond donors (Lipinski definition) is 0. The normalized spacial score (nSPS) is 16.3. The van der Waals surface area contributed by atoms with Gasteiger partial charge in [0.05, 0.1) is 0 Å². The summed E-state index contributed by atoms with van der Waals surface area (Å²) in [5.74, 6) is 0.226. The Morgan fingerprint density at radius 3 is 2.37 bits per heavy atom. The Labute approximate surface area is 167 Å². The van der Waals surface area contributed by atoms with Gasteiger partial charge in [0.25, 0.3) is 0 Å². The third kappa shape index (κ3) is 6.99.